The van der Waals surface area contributed by atoms with Crippen LogP contribution in [0, 0.1) is 0 Å². The summed E-state index contributed by atoms with van der Waals surface area (Å²) in [5, 5.41) is 3.65. The first-order chi connectivity index (χ1) is 8.40. The van der Waals surface area contributed by atoms with E-state index >= 15 is 0 Å². The van der Waals surface area contributed by atoms with Crippen LogP contribution in [0.1, 0.15) is 43.8 Å². The fourth-order valence-corrected chi connectivity index (χ4v) is 3.24. The Morgan fingerprint density at radius 2 is 2.29 bits per heavy atom. The Morgan fingerprint density at radius 1 is 1.35 bits per heavy atom. The van der Waals surface area contributed by atoms with Crippen molar-refractivity contribution in [2.75, 3.05) is 0 Å². The van der Waals surface area contributed by atoms with Gasteiger partial charge < -0.3 is 14.6 Å². The summed E-state index contributed by atoms with van der Waals surface area (Å²) in [7, 11) is 0. The van der Waals surface area contributed by atoms with Gasteiger partial charge in [-0.15, -0.1) is 0 Å². The standard InChI is InChI=1S/C13H19N3O/c1-2-9(1)16-8-14-6-10(16)7-15-12-5-11-3-4-13(12)17-11/h6,8-9,11-13,15H,1-5,7H2. The summed E-state index contributed by atoms with van der Waals surface area (Å²) in [6.45, 7) is 0.938. The van der Waals surface area contributed by atoms with Crippen LogP contribution in [0.3, 0.4) is 0 Å². The molecule has 3 heterocycles. The fourth-order valence-electron chi connectivity index (χ4n) is 3.24. The van der Waals surface area contributed by atoms with Gasteiger partial charge in [-0.2, -0.15) is 0 Å². The average Bonchev–Trinajstić information content (AvgIpc) is 2.80. The van der Waals surface area contributed by atoms with Gasteiger partial charge in [0.2, 0.25) is 0 Å². The van der Waals surface area contributed by atoms with E-state index in [1.807, 2.05) is 12.5 Å². The molecule has 3 fully saturated rings. The molecule has 2 saturated heterocycles. The summed E-state index contributed by atoms with van der Waals surface area (Å²) >= 11 is 0. The van der Waals surface area contributed by atoms with Gasteiger partial charge in [-0.3, -0.25) is 0 Å². The number of nitrogens with zero attached hydrogens (tertiary/aromatic N) is 2. The van der Waals surface area contributed by atoms with E-state index in [2.05, 4.69) is 14.9 Å². The Labute approximate surface area is 101 Å². The highest BCUT2D eigenvalue weighted by Crippen LogP contribution is 2.36. The molecule has 1 aliphatic carbocycles. The van der Waals surface area contributed by atoms with E-state index in [1.165, 1.54) is 37.8 Å². The van der Waals surface area contributed by atoms with Gasteiger partial charge in [-0.25, -0.2) is 4.98 Å². The smallest absolute Gasteiger partial charge is 0.0951 e. The first-order valence-corrected chi connectivity index (χ1v) is 6.80. The van der Waals surface area contributed by atoms with Gasteiger partial charge in [-0.05, 0) is 32.1 Å². The van der Waals surface area contributed by atoms with E-state index in [4.69, 9.17) is 4.74 Å². The second kappa shape index (κ2) is 3.82. The van der Waals surface area contributed by atoms with Crippen molar-refractivity contribution in [1.29, 1.82) is 0 Å². The van der Waals surface area contributed by atoms with Crippen LogP contribution in [0.15, 0.2) is 12.5 Å². The van der Waals surface area contributed by atoms with E-state index in [0.717, 1.165) is 12.6 Å². The predicted molar refractivity (Wildman–Crippen MR) is 63.6 cm³/mol. The summed E-state index contributed by atoms with van der Waals surface area (Å²) < 4.78 is 8.19. The minimum Gasteiger partial charge on any atom is -0.373 e. The van der Waals surface area contributed by atoms with Crippen molar-refractivity contribution < 1.29 is 4.74 Å². The molecule has 4 heteroatoms. The first-order valence-electron chi connectivity index (χ1n) is 6.80. The summed E-state index contributed by atoms with van der Waals surface area (Å²) in [5.74, 6) is 0. The van der Waals surface area contributed by atoms with Gasteiger partial charge in [0, 0.05) is 24.8 Å². The topological polar surface area (TPSA) is 39.1 Å². The van der Waals surface area contributed by atoms with Crippen molar-refractivity contribution in [2.45, 2.75) is 62.9 Å². The molecule has 1 aromatic rings. The Morgan fingerprint density at radius 3 is 3.00 bits per heavy atom. The fraction of sp³-hybridized carbons (Fsp3) is 0.769. The zero-order valence-corrected chi connectivity index (χ0v) is 10.0. The van der Waals surface area contributed by atoms with E-state index < -0.39 is 0 Å². The van der Waals surface area contributed by atoms with Crippen molar-refractivity contribution in [2.24, 2.45) is 0 Å². The Bertz CT molecular complexity index is 413. The van der Waals surface area contributed by atoms with Crippen LogP contribution in [0.25, 0.3) is 0 Å². The molecule has 92 valence electrons. The maximum atomic E-state index is 5.86. The van der Waals surface area contributed by atoms with Gasteiger partial charge in [-0.1, -0.05) is 0 Å². The van der Waals surface area contributed by atoms with E-state index in [1.54, 1.807) is 0 Å². The van der Waals surface area contributed by atoms with Gasteiger partial charge in [0.15, 0.2) is 0 Å². The lowest BCUT2D eigenvalue weighted by Gasteiger charge is -2.20. The molecule has 0 aromatic carbocycles. The number of ether oxygens (including phenoxy) is 1. The lowest BCUT2D eigenvalue weighted by atomic mass is 9.95. The van der Waals surface area contributed by atoms with Crippen LogP contribution in [-0.2, 0) is 11.3 Å². The van der Waals surface area contributed by atoms with Gasteiger partial charge in [0.1, 0.15) is 0 Å². The number of nitrogens with one attached hydrogen (secondary N) is 1. The van der Waals surface area contributed by atoms with E-state index in [-0.39, 0.29) is 0 Å². The van der Waals surface area contributed by atoms with Crippen LogP contribution >= 0.6 is 0 Å². The maximum Gasteiger partial charge on any atom is 0.0951 e. The third-order valence-corrected chi connectivity index (χ3v) is 4.34. The molecule has 2 aliphatic heterocycles. The highest BCUT2D eigenvalue weighted by atomic mass is 16.5. The molecule has 0 radical (unpaired) electrons. The number of aromatic nitrogens is 2. The van der Waals surface area contributed by atoms with Crippen LogP contribution in [0.2, 0.25) is 0 Å². The highest BCUT2D eigenvalue weighted by Gasteiger charge is 2.40. The molecular formula is C13H19N3O. The third kappa shape index (κ3) is 1.79. The maximum absolute atomic E-state index is 5.86. The Hall–Kier alpha value is -0.870. The molecule has 3 atom stereocenters. The summed E-state index contributed by atoms with van der Waals surface area (Å²) in [6.07, 6.45) is 11.3. The molecule has 1 aromatic heterocycles. The molecule has 3 unspecified atom stereocenters. The predicted octanol–water partition coefficient (Wildman–Crippen LogP) is 1.63. The van der Waals surface area contributed by atoms with E-state index in [0.29, 0.717) is 18.2 Å². The zero-order valence-electron chi connectivity index (χ0n) is 10.0. The third-order valence-electron chi connectivity index (χ3n) is 4.34. The number of hydrogen-bond acceptors (Lipinski definition) is 3. The number of hydrogen-bond donors (Lipinski definition) is 1. The average molecular weight is 233 g/mol. The summed E-state index contributed by atoms with van der Waals surface area (Å²) in [6, 6.07) is 1.29. The molecule has 4 rings (SSSR count). The van der Waals surface area contributed by atoms with Crippen LogP contribution in [-0.4, -0.2) is 27.8 Å². The molecule has 17 heavy (non-hydrogen) atoms. The number of fused-ring (bicyclic) bond motifs is 2. The molecule has 1 saturated carbocycles. The van der Waals surface area contributed by atoms with Crippen molar-refractivity contribution in [3.63, 3.8) is 0 Å². The second-order valence-corrected chi connectivity index (χ2v) is 5.62. The molecular weight excluding hydrogens is 214 g/mol. The van der Waals surface area contributed by atoms with Gasteiger partial charge in [0.05, 0.1) is 24.2 Å². The van der Waals surface area contributed by atoms with Gasteiger partial charge >= 0.3 is 0 Å². The van der Waals surface area contributed by atoms with Crippen LogP contribution < -0.4 is 5.32 Å². The molecule has 4 nitrogen and oxygen atoms in total. The number of rotatable bonds is 4. The quantitative estimate of drug-likeness (QED) is 0.859. The Kier molecular flexibility index (Phi) is 2.27. The minimum atomic E-state index is 0.470. The summed E-state index contributed by atoms with van der Waals surface area (Å²) in [5.41, 5.74) is 1.33. The first kappa shape index (κ1) is 10.1. The molecule has 2 bridgehead atoms. The largest absolute Gasteiger partial charge is 0.373 e. The molecule has 0 spiro atoms. The minimum absolute atomic E-state index is 0.470. The molecule has 3 aliphatic rings. The summed E-state index contributed by atoms with van der Waals surface area (Å²) in [4.78, 5) is 4.27. The van der Waals surface area contributed by atoms with Crippen molar-refractivity contribution >= 4 is 0 Å². The van der Waals surface area contributed by atoms with Crippen molar-refractivity contribution in [3.05, 3.63) is 18.2 Å². The van der Waals surface area contributed by atoms with Crippen molar-refractivity contribution in [1.82, 2.24) is 14.9 Å². The lowest BCUT2D eigenvalue weighted by Crippen LogP contribution is -2.37. The normalized spacial score (nSPS) is 35.6. The second-order valence-electron chi connectivity index (χ2n) is 5.62. The monoisotopic (exact) mass is 233 g/mol. The number of imidazole rings is 1. The van der Waals surface area contributed by atoms with Crippen molar-refractivity contribution in [3.8, 4) is 0 Å². The zero-order chi connectivity index (χ0) is 11.2. The van der Waals surface area contributed by atoms with Crippen LogP contribution in [0.4, 0.5) is 0 Å². The molecule has 0 amide bonds. The Balaban J connectivity index is 1.39. The SMILES string of the molecule is c1ncn(C2CC2)c1CNC1CC2CCC1O2. The van der Waals surface area contributed by atoms with Gasteiger partial charge in [0.25, 0.3) is 0 Å². The highest BCUT2D eigenvalue weighted by molar-refractivity contribution is 5.04. The lowest BCUT2D eigenvalue weighted by molar-refractivity contribution is 0.0972. The van der Waals surface area contributed by atoms with E-state index in [9.17, 15) is 0 Å². The van der Waals surface area contributed by atoms with Crippen LogP contribution in [0.5, 0.6) is 0 Å². The molecule has 1 N–H and O–H groups in total.